The average molecular weight is 272 g/mol. The van der Waals surface area contributed by atoms with E-state index in [0.29, 0.717) is 24.5 Å². The first-order chi connectivity index (χ1) is 9.78. The molecular weight excluding hydrogens is 254 g/mol. The largest absolute Gasteiger partial charge is 0.489 e. The molecular formula is C16H18NO3+. The molecule has 0 heterocycles. The molecule has 0 fully saturated rings. The average Bonchev–Trinajstić information content (AvgIpc) is 2.52. The van der Waals surface area contributed by atoms with Crippen LogP contribution in [0.4, 0.5) is 0 Å². The molecule has 0 aromatic heterocycles. The van der Waals surface area contributed by atoms with Crippen molar-refractivity contribution < 1.29 is 14.5 Å². The summed E-state index contributed by atoms with van der Waals surface area (Å²) < 4.78 is 5.74. The highest BCUT2D eigenvalue weighted by Crippen LogP contribution is 2.15. The Balaban J connectivity index is 1.90. The van der Waals surface area contributed by atoms with Crippen molar-refractivity contribution in [3.63, 3.8) is 0 Å². The van der Waals surface area contributed by atoms with Crippen LogP contribution < -0.4 is 4.74 Å². The minimum Gasteiger partial charge on any atom is -0.489 e. The molecule has 20 heavy (non-hydrogen) atoms. The minimum atomic E-state index is 0.304. The Morgan fingerprint density at radius 3 is 2.50 bits per heavy atom. The van der Waals surface area contributed by atoms with Crippen LogP contribution in [0.15, 0.2) is 54.6 Å². The van der Waals surface area contributed by atoms with E-state index in [2.05, 4.69) is 4.84 Å². The smallest absolute Gasteiger partial charge is 0.252 e. The van der Waals surface area contributed by atoms with Gasteiger partial charge in [0, 0.05) is 6.42 Å². The molecule has 0 N–H and O–H groups in total. The highest BCUT2D eigenvalue weighted by molar-refractivity contribution is 5.29. The van der Waals surface area contributed by atoms with Gasteiger partial charge in [0.15, 0.2) is 7.11 Å². The van der Waals surface area contributed by atoms with E-state index in [-0.39, 0.29) is 0 Å². The maximum absolute atomic E-state index is 11.0. The number of ether oxygens (including phenoxy) is 1. The third-order valence-corrected chi connectivity index (χ3v) is 2.93. The van der Waals surface area contributed by atoms with Gasteiger partial charge in [0.05, 0.1) is 4.91 Å². The minimum absolute atomic E-state index is 0.304. The summed E-state index contributed by atoms with van der Waals surface area (Å²) in [5, 5.41) is 0. The van der Waals surface area contributed by atoms with Crippen LogP contribution in [0.25, 0.3) is 0 Å². The highest BCUT2D eigenvalue weighted by atomic mass is 16.8. The second-order valence-electron chi connectivity index (χ2n) is 4.41. The van der Waals surface area contributed by atoms with Crippen molar-refractivity contribution in [3.8, 4) is 5.75 Å². The lowest BCUT2D eigenvalue weighted by Gasteiger charge is -2.07. The summed E-state index contributed by atoms with van der Waals surface area (Å²) >= 11 is 0. The summed E-state index contributed by atoms with van der Waals surface area (Å²) in [5.41, 5.74) is 2.18. The lowest BCUT2D eigenvalue weighted by Crippen LogP contribution is -2.10. The van der Waals surface area contributed by atoms with Crippen LogP contribution >= 0.6 is 0 Å². The lowest BCUT2D eigenvalue weighted by atomic mass is 10.1. The van der Waals surface area contributed by atoms with Crippen molar-refractivity contribution in [2.75, 3.05) is 13.7 Å². The molecule has 0 amide bonds. The van der Waals surface area contributed by atoms with Gasteiger partial charge in [0.2, 0.25) is 4.92 Å². The van der Waals surface area contributed by atoms with E-state index >= 15 is 0 Å². The van der Waals surface area contributed by atoms with Crippen LogP contribution in [0, 0.1) is 4.91 Å². The number of hydrogen-bond donors (Lipinski definition) is 0. The Morgan fingerprint density at radius 1 is 1.00 bits per heavy atom. The molecule has 4 nitrogen and oxygen atoms in total. The molecule has 0 aliphatic rings. The predicted molar refractivity (Wildman–Crippen MR) is 76.4 cm³/mol. The van der Waals surface area contributed by atoms with E-state index in [9.17, 15) is 4.91 Å². The van der Waals surface area contributed by atoms with E-state index in [0.717, 1.165) is 16.9 Å². The summed E-state index contributed by atoms with van der Waals surface area (Å²) in [6.45, 7) is 0.842. The third kappa shape index (κ3) is 4.39. The van der Waals surface area contributed by atoms with Gasteiger partial charge in [-0.05, 0) is 23.3 Å². The summed E-state index contributed by atoms with van der Waals surface area (Å²) in [6, 6.07) is 17.8. The van der Waals surface area contributed by atoms with Gasteiger partial charge in [-0.1, -0.05) is 42.5 Å². The Labute approximate surface area is 118 Å². The number of benzene rings is 2. The van der Waals surface area contributed by atoms with Gasteiger partial charge in [0.1, 0.15) is 12.4 Å². The predicted octanol–water partition coefficient (Wildman–Crippen LogP) is 3.15. The third-order valence-electron chi connectivity index (χ3n) is 2.93. The molecule has 0 radical (unpaired) electrons. The van der Waals surface area contributed by atoms with E-state index in [4.69, 9.17) is 4.74 Å². The lowest BCUT2D eigenvalue weighted by molar-refractivity contribution is -0.795. The van der Waals surface area contributed by atoms with Gasteiger partial charge in [-0.2, -0.15) is 0 Å². The molecule has 0 unspecified atom stereocenters. The molecule has 0 saturated carbocycles. The topological polar surface area (TPSA) is 38.5 Å². The molecule has 0 aliphatic heterocycles. The summed E-state index contributed by atoms with van der Waals surface area (Å²) in [7, 11) is 1.37. The number of nitrogens with zero attached hydrogens (tertiary/aromatic N) is 1. The zero-order valence-corrected chi connectivity index (χ0v) is 11.5. The maximum atomic E-state index is 11.0. The molecule has 0 atom stereocenters. The van der Waals surface area contributed by atoms with Gasteiger partial charge < -0.3 is 4.74 Å². The van der Waals surface area contributed by atoms with Crippen molar-refractivity contribution in [3.05, 3.63) is 70.6 Å². The second-order valence-corrected chi connectivity index (χ2v) is 4.41. The fourth-order valence-electron chi connectivity index (χ4n) is 1.84. The zero-order valence-electron chi connectivity index (χ0n) is 11.5. The van der Waals surface area contributed by atoms with E-state index in [1.807, 2.05) is 54.6 Å². The fraction of sp³-hybridized carbons (Fsp3) is 0.250. The Hall–Kier alpha value is -2.36. The van der Waals surface area contributed by atoms with Gasteiger partial charge in [-0.3, -0.25) is 0 Å². The molecule has 0 bridgehead atoms. The Morgan fingerprint density at radius 2 is 1.75 bits per heavy atom. The molecule has 2 aromatic carbocycles. The molecule has 2 rings (SSSR count). The first-order valence-electron chi connectivity index (χ1n) is 6.52. The van der Waals surface area contributed by atoms with Gasteiger partial charge in [-0.25, -0.2) is 4.84 Å². The molecule has 2 aromatic rings. The van der Waals surface area contributed by atoms with Crippen LogP contribution in [0.1, 0.15) is 11.1 Å². The molecule has 0 aliphatic carbocycles. The first kappa shape index (κ1) is 14.1. The highest BCUT2D eigenvalue weighted by Gasteiger charge is 2.08. The molecule has 0 saturated heterocycles. The van der Waals surface area contributed by atoms with E-state index < -0.39 is 0 Å². The van der Waals surface area contributed by atoms with Crippen molar-refractivity contribution in [1.82, 2.24) is 0 Å². The van der Waals surface area contributed by atoms with Crippen LogP contribution in [0.5, 0.6) is 5.75 Å². The summed E-state index contributed by atoms with van der Waals surface area (Å²) in [6.07, 6.45) is 0.625. The van der Waals surface area contributed by atoms with Gasteiger partial charge in [0.25, 0.3) is 6.54 Å². The van der Waals surface area contributed by atoms with Gasteiger partial charge in [-0.15, -0.1) is 0 Å². The number of rotatable bonds is 7. The fourth-order valence-corrected chi connectivity index (χ4v) is 1.84. The second kappa shape index (κ2) is 7.28. The monoisotopic (exact) mass is 272 g/mol. The zero-order chi connectivity index (χ0) is 14.2. The normalized spacial score (nSPS) is 10.1. The van der Waals surface area contributed by atoms with Crippen molar-refractivity contribution in [1.29, 1.82) is 0 Å². The van der Waals surface area contributed by atoms with Crippen LogP contribution in [-0.2, 0) is 17.9 Å². The first-order valence-corrected chi connectivity index (χ1v) is 6.52. The molecule has 4 heteroatoms. The summed E-state index contributed by atoms with van der Waals surface area (Å²) in [4.78, 5) is 16.2. The SMILES string of the molecule is CO[N+](=O)CCc1cccc(OCc2ccccc2)c1. The Bertz CT molecular complexity index is 555. The molecule has 0 spiro atoms. The Kier molecular flexibility index (Phi) is 5.12. The van der Waals surface area contributed by atoms with Crippen molar-refractivity contribution in [2.45, 2.75) is 13.0 Å². The quantitative estimate of drug-likeness (QED) is 0.727. The number of hydrogen-bond acceptors (Lipinski definition) is 3. The van der Waals surface area contributed by atoms with Crippen molar-refractivity contribution >= 4 is 0 Å². The van der Waals surface area contributed by atoms with Crippen LogP contribution in [-0.4, -0.2) is 18.6 Å². The van der Waals surface area contributed by atoms with E-state index in [1.54, 1.807) is 0 Å². The summed E-state index contributed by atoms with van der Waals surface area (Å²) in [5.74, 6) is 0.807. The van der Waals surface area contributed by atoms with Crippen molar-refractivity contribution in [2.24, 2.45) is 0 Å². The van der Waals surface area contributed by atoms with Crippen LogP contribution in [0.3, 0.4) is 0 Å². The molecule has 104 valence electrons. The van der Waals surface area contributed by atoms with E-state index in [1.165, 1.54) is 7.11 Å². The van der Waals surface area contributed by atoms with Crippen LogP contribution in [0.2, 0.25) is 0 Å². The van der Waals surface area contributed by atoms with Gasteiger partial charge >= 0.3 is 0 Å². The standard InChI is InChI=1S/C16H18NO3/c1-19-17(18)11-10-14-8-5-9-16(12-14)20-13-15-6-3-2-4-7-15/h2-9,12H,10-11,13H2,1H3/q+1. The maximum Gasteiger partial charge on any atom is 0.252 e.